The van der Waals surface area contributed by atoms with Crippen molar-refractivity contribution in [2.45, 2.75) is 13.3 Å². The number of halogens is 1. The zero-order valence-corrected chi connectivity index (χ0v) is 13.4. The summed E-state index contributed by atoms with van der Waals surface area (Å²) in [5.74, 6) is 0.862. The number of hydrogen-bond acceptors (Lipinski definition) is 6. The summed E-state index contributed by atoms with van der Waals surface area (Å²) in [6.45, 7) is 3.02. The number of sulfonamides is 1. The highest BCUT2D eigenvalue weighted by atomic mass is 35.5. The maximum Gasteiger partial charge on any atom is 0.224 e. The van der Waals surface area contributed by atoms with Crippen LogP contribution in [0.25, 0.3) is 0 Å². The molecule has 20 heavy (non-hydrogen) atoms. The number of aromatic nitrogens is 2. The van der Waals surface area contributed by atoms with Crippen molar-refractivity contribution in [3.63, 3.8) is 0 Å². The standard InChI is InChI=1S/C11H20ClN5O2S/c1-4-5-14-11-15-8-9(12)10(16-11)13-6-7-20(18,19)17(2)3/h8H,4-7H2,1-3H3,(H2,13,14,15,16). The first-order valence-corrected chi connectivity index (χ1v) is 8.26. The summed E-state index contributed by atoms with van der Waals surface area (Å²) in [7, 11) is -0.237. The maximum atomic E-state index is 11.6. The molecule has 0 aliphatic carbocycles. The van der Waals surface area contributed by atoms with E-state index in [1.807, 2.05) is 6.92 Å². The molecule has 0 radical (unpaired) electrons. The maximum absolute atomic E-state index is 11.6. The van der Waals surface area contributed by atoms with Gasteiger partial charge in [0.2, 0.25) is 16.0 Å². The van der Waals surface area contributed by atoms with Crippen LogP contribution in [0.5, 0.6) is 0 Å². The molecule has 2 N–H and O–H groups in total. The van der Waals surface area contributed by atoms with E-state index in [4.69, 9.17) is 11.6 Å². The number of hydrogen-bond donors (Lipinski definition) is 2. The monoisotopic (exact) mass is 321 g/mol. The van der Waals surface area contributed by atoms with Crippen LogP contribution in [0.4, 0.5) is 11.8 Å². The van der Waals surface area contributed by atoms with Gasteiger partial charge in [0.05, 0.1) is 11.9 Å². The first kappa shape index (κ1) is 16.9. The molecule has 9 heteroatoms. The minimum absolute atomic E-state index is 0.0297. The normalized spacial score (nSPS) is 11.7. The predicted octanol–water partition coefficient (Wildman–Crippen LogP) is 1.26. The molecule has 114 valence electrons. The van der Waals surface area contributed by atoms with E-state index in [-0.39, 0.29) is 12.3 Å². The summed E-state index contributed by atoms with van der Waals surface area (Å²) in [6.07, 6.45) is 2.44. The van der Waals surface area contributed by atoms with Crippen LogP contribution in [0.2, 0.25) is 5.02 Å². The van der Waals surface area contributed by atoms with E-state index in [1.54, 1.807) is 0 Å². The lowest BCUT2D eigenvalue weighted by molar-refractivity contribution is 0.521. The molecule has 0 amide bonds. The van der Waals surface area contributed by atoms with Gasteiger partial charge in [-0.3, -0.25) is 0 Å². The molecule has 7 nitrogen and oxygen atoms in total. The first-order valence-electron chi connectivity index (χ1n) is 6.27. The van der Waals surface area contributed by atoms with Crippen molar-refractivity contribution in [1.82, 2.24) is 14.3 Å². The van der Waals surface area contributed by atoms with Gasteiger partial charge in [-0.2, -0.15) is 4.98 Å². The minimum atomic E-state index is -3.24. The third kappa shape index (κ3) is 5.10. The average molecular weight is 322 g/mol. The molecular formula is C11H20ClN5O2S. The second kappa shape index (κ2) is 7.61. The van der Waals surface area contributed by atoms with Crippen LogP contribution in [0.1, 0.15) is 13.3 Å². The van der Waals surface area contributed by atoms with Crippen molar-refractivity contribution < 1.29 is 8.42 Å². The Morgan fingerprint density at radius 2 is 2.00 bits per heavy atom. The largest absolute Gasteiger partial charge is 0.368 e. The highest BCUT2D eigenvalue weighted by Crippen LogP contribution is 2.19. The van der Waals surface area contributed by atoms with E-state index in [1.165, 1.54) is 24.6 Å². The minimum Gasteiger partial charge on any atom is -0.368 e. The average Bonchev–Trinajstić information content (AvgIpc) is 2.39. The lowest BCUT2D eigenvalue weighted by atomic mass is 10.5. The summed E-state index contributed by atoms with van der Waals surface area (Å²) in [5.41, 5.74) is 0. The molecule has 0 aliphatic rings. The summed E-state index contributed by atoms with van der Waals surface area (Å²) >= 11 is 5.97. The molecule has 0 fully saturated rings. The van der Waals surface area contributed by atoms with Gasteiger partial charge in [0.15, 0.2) is 5.82 Å². The highest BCUT2D eigenvalue weighted by Gasteiger charge is 2.13. The van der Waals surface area contributed by atoms with Gasteiger partial charge in [0, 0.05) is 27.2 Å². The van der Waals surface area contributed by atoms with Crippen LogP contribution in [-0.2, 0) is 10.0 Å². The molecular weight excluding hydrogens is 302 g/mol. The predicted molar refractivity (Wildman–Crippen MR) is 81.8 cm³/mol. The fourth-order valence-corrected chi connectivity index (χ4v) is 2.18. The molecule has 0 aliphatic heterocycles. The van der Waals surface area contributed by atoms with Crippen molar-refractivity contribution in [2.75, 3.05) is 43.6 Å². The van der Waals surface area contributed by atoms with Gasteiger partial charge in [0.1, 0.15) is 5.02 Å². The molecule has 1 rings (SSSR count). The Bertz CT molecular complexity index is 536. The first-order chi connectivity index (χ1) is 9.36. The molecule has 0 unspecified atom stereocenters. The molecule has 0 spiro atoms. The number of nitrogens with zero attached hydrogens (tertiary/aromatic N) is 3. The zero-order chi connectivity index (χ0) is 15.2. The number of rotatable bonds is 8. The van der Waals surface area contributed by atoms with Gasteiger partial charge in [-0.15, -0.1) is 0 Å². The number of nitrogens with one attached hydrogen (secondary N) is 2. The second-order valence-electron chi connectivity index (χ2n) is 4.34. The topological polar surface area (TPSA) is 87.2 Å². The summed E-state index contributed by atoms with van der Waals surface area (Å²) in [5, 5.41) is 6.31. The molecule has 1 aromatic rings. The fourth-order valence-electron chi connectivity index (χ4n) is 1.29. The van der Waals surface area contributed by atoms with Crippen molar-refractivity contribution in [3.05, 3.63) is 11.2 Å². The molecule has 0 aromatic carbocycles. The van der Waals surface area contributed by atoms with Gasteiger partial charge in [0.25, 0.3) is 0 Å². The molecule has 0 atom stereocenters. The van der Waals surface area contributed by atoms with Crippen molar-refractivity contribution >= 4 is 33.4 Å². The van der Waals surface area contributed by atoms with E-state index in [2.05, 4.69) is 20.6 Å². The number of anilines is 2. The van der Waals surface area contributed by atoms with Crippen LogP contribution >= 0.6 is 11.6 Å². The van der Waals surface area contributed by atoms with Crippen molar-refractivity contribution in [1.29, 1.82) is 0 Å². The SMILES string of the molecule is CCCNc1ncc(Cl)c(NCCS(=O)(=O)N(C)C)n1. The van der Waals surface area contributed by atoms with Crippen molar-refractivity contribution in [2.24, 2.45) is 0 Å². The van der Waals surface area contributed by atoms with Gasteiger partial charge in [-0.05, 0) is 6.42 Å². The molecule has 0 bridgehead atoms. The highest BCUT2D eigenvalue weighted by molar-refractivity contribution is 7.89. The van der Waals surface area contributed by atoms with Gasteiger partial charge >= 0.3 is 0 Å². The van der Waals surface area contributed by atoms with Crippen molar-refractivity contribution in [3.8, 4) is 0 Å². The van der Waals surface area contributed by atoms with Crippen LogP contribution in [0, 0.1) is 0 Å². The summed E-state index contributed by atoms with van der Waals surface area (Å²) < 4.78 is 24.4. The van der Waals surface area contributed by atoms with E-state index in [0.717, 1.165) is 13.0 Å². The molecule has 1 heterocycles. The lowest BCUT2D eigenvalue weighted by Crippen LogP contribution is -2.28. The van der Waals surface area contributed by atoms with Crippen LogP contribution < -0.4 is 10.6 Å². The van der Waals surface area contributed by atoms with Gasteiger partial charge in [-0.1, -0.05) is 18.5 Å². The fraction of sp³-hybridized carbons (Fsp3) is 0.636. The van der Waals surface area contributed by atoms with Gasteiger partial charge < -0.3 is 10.6 Å². The third-order valence-corrected chi connectivity index (χ3v) is 4.60. The van der Waals surface area contributed by atoms with Crippen LogP contribution in [-0.4, -0.2) is 55.6 Å². The lowest BCUT2D eigenvalue weighted by Gasteiger charge is -2.13. The zero-order valence-electron chi connectivity index (χ0n) is 11.9. The van der Waals surface area contributed by atoms with E-state index in [0.29, 0.717) is 16.8 Å². The van der Waals surface area contributed by atoms with Gasteiger partial charge in [-0.25, -0.2) is 17.7 Å². The molecule has 0 saturated carbocycles. The summed E-state index contributed by atoms with van der Waals surface area (Å²) in [6, 6.07) is 0. The summed E-state index contributed by atoms with van der Waals surface area (Å²) in [4.78, 5) is 8.24. The second-order valence-corrected chi connectivity index (χ2v) is 7.05. The Balaban J connectivity index is 2.63. The van der Waals surface area contributed by atoms with E-state index in [9.17, 15) is 8.42 Å². The Morgan fingerprint density at radius 3 is 2.60 bits per heavy atom. The van der Waals surface area contributed by atoms with Crippen LogP contribution in [0.3, 0.4) is 0 Å². The quantitative estimate of drug-likeness (QED) is 0.749. The van der Waals surface area contributed by atoms with E-state index < -0.39 is 10.0 Å². The third-order valence-electron chi connectivity index (χ3n) is 2.49. The van der Waals surface area contributed by atoms with Crippen LogP contribution in [0.15, 0.2) is 6.20 Å². The Morgan fingerprint density at radius 1 is 1.30 bits per heavy atom. The van der Waals surface area contributed by atoms with E-state index >= 15 is 0 Å². The molecule has 0 saturated heterocycles. The Kier molecular flexibility index (Phi) is 6.44. The smallest absolute Gasteiger partial charge is 0.224 e. The molecule has 1 aromatic heterocycles. The Hall–Kier alpha value is -1.12. The Labute approximate surface area is 124 Å².